The fourth-order valence-corrected chi connectivity index (χ4v) is 3.72. The molecule has 3 atom stereocenters. The van der Waals surface area contributed by atoms with Gasteiger partial charge >= 0.3 is 0 Å². The summed E-state index contributed by atoms with van der Waals surface area (Å²) in [6.45, 7) is 2.99. The van der Waals surface area contributed by atoms with Crippen LogP contribution in [0.4, 0.5) is 10.3 Å². The van der Waals surface area contributed by atoms with Crippen molar-refractivity contribution in [2.75, 3.05) is 31.1 Å². The molecule has 3 aliphatic rings. The number of carbonyl (C=O) groups excluding carboxylic acids is 1. The second-order valence-corrected chi connectivity index (χ2v) is 6.28. The van der Waals surface area contributed by atoms with Gasteiger partial charge in [0, 0.05) is 26.2 Å². The number of amides is 1. The molecular formula is C15H19FN4O2. The molecule has 22 heavy (non-hydrogen) atoms. The summed E-state index contributed by atoms with van der Waals surface area (Å²) in [5.74, 6) is 0.233. The predicted molar refractivity (Wildman–Crippen MR) is 76.8 cm³/mol. The van der Waals surface area contributed by atoms with E-state index in [0.717, 1.165) is 32.4 Å². The molecule has 0 saturated carbocycles. The second kappa shape index (κ2) is 5.46. The second-order valence-electron chi connectivity index (χ2n) is 6.28. The monoisotopic (exact) mass is 306 g/mol. The van der Waals surface area contributed by atoms with E-state index < -0.39 is 5.82 Å². The van der Waals surface area contributed by atoms with Crippen LogP contribution in [0.1, 0.15) is 19.3 Å². The molecule has 0 aromatic carbocycles. The summed E-state index contributed by atoms with van der Waals surface area (Å²) in [7, 11) is 0. The van der Waals surface area contributed by atoms with Gasteiger partial charge in [-0.2, -0.15) is 0 Å². The Morgan fingerprint density at radius 1 is 1.23 bits per heavy atom. The Balaban J connectivity index is 1.47. The van der Waals surface area contributed by atoms with Gasteiger partial charge in [-0.15, -0.1) is 0 Å². The molecule has 1 amide bonds. The van der Waals surface area contributed by atoms with Gasteiger partial charge in [0.2, 0.25) is 11.9 Å². The van der Waals surface area contributed by atoms with E-state index in [-0.39, 0.29) is 24.0 Å². The first-order valence-corrected chi connectivity index (χ1v) is 7.87. The number of carbonyl (C=O) groups is 1. The Labute approximate surface area is 128 Å². The maximum atomic E-state index is 12.9. The molecule has 0 spiro atoms. The van der Waals surface area contributed by atoms with Crippen LogP contribution in [0.3, 0.4) is 0 Å². The van der Waals surface area contributed by atoms with E-state index in [1.165, 1.54) is 12.4 Å². The molecule has 0 aliphatic carbocycles. The number of rotatable bonds is 2. The number of fused-ring (bicyclic) bond motifs is 2. The van der Waals surface area contributed by atoms with Crippen LogP contribution in [0, 0.1) is 11.7 Å². The Hall–Kier alpha value is -1.76. The number of anilines is 1. The minimum absolute atomic E-state index is 0.0314. The van der Waals surface area contributed by atoms with E-state index in [0.29, 0.717) is 19.0 Å². The largest absolute Gasteiger partial charge is 0.370 e. The first kappa shape index (κ1) is 13.9. The van der Waals surface area contributed by atoms with Crippen molar-refractivity contribution in [2.45, 2.75) is 31.5 Å². The highest BCUT2D eigenvalue weighted by Gasteiger charge is 2.46. The number of halogens is 1. The smallest absolute Gasteiger partial charge is 0.228 e. The van der Waals surface area contributed by atoms with Gasteiger partial charge in [-0.1, -0.05) is 0 Å². The zero-order valence-electron chi connectivity index (χ0n) is 12.3. The highest BCUT2D eigenvalue weighted by molar-refractivity contribution is 5.80. The van der Waals surface area contributed by atoms with Gasteiger partial charge in [-0.05, 0) is 19.3 Å². The van der Waals surface area contributed by atoms with E-state index >= 15 is 0 Å². The molecule has 2 bridgehead atoms. The van der Waals surface area contributed by atoms with E-state index in [2.05, 4.69) is 9.97 Å². The van der Waals surface area contributed by atoms with Crippen molar-refractivity contribution in [3.05, 3.63) is 18.2 Å². The SMILES string of the molecule is O=C([C@H]1C[C@H]2CN(c3ncc(F)cn3)C[C@@H]1O2)N1CCCC1. The summed E-state index contributed by atoms with van der Waals surface area (Å²) in [6.07, 6.45) is 5.23. The van der Waals surface area contributed by atoms with Gasteiger partial charge in [0.25, 0.3) is 0 Å². The third kappa shape index (κ3) is 2.43. The molecule has 0 unspecified atom stereocenters. The Bertz CT molecular complexity index is 561. The molecule has 6 nitrogen and oxygen atoms in total. The number of ether oxygens (including phenoxy) is 1. The van der Waals surface area contributed by atoms with E-state index in [1.807, 2.05) is 9.80 Å². The van der Waals surface area contributed by atoms with Crippen LogP contribution in [-0.4, -0.2) is 59.2 Å². The fraction of sp³-hybridized carbons (Fsp3) is 0.667. The third-order valence-electron chi connectivity index (χ3n) is 4.78. The predicted octanol–water partition coefficient (Wildman–Crippen LogP) is 0.832. The number of likely N-dealkylation sites (tertiary alicyclic amines) is 1. The molecular weight excluding hydrogens is 287 g/mol. The highest BCUT2D eigenvalue weighted by atomic mass is 19.1. The Morgan fingerprint density at radius 2 is 1.95 bits per heavy atom. The van der Waals surface area contributed by atoms with Crippen molar-refractivity contribution in [3.8, 4) is 0 Å². The Kier molecular flexibility index (Phi) is 3.44. The van der Waals surface area contributed by atoms with Gasteiger partial charge in [0.1, 0.15) is 0 Å². The first-order chi connectivity index (χ1) is 10.7. The van der Waals surface area contributed by atoms with Crippen molar-refractivity contribution in [3.63, 3.8) is 0 Å². The average molecular weight is 306 g/mol. The fourth-order valence-electron chi connectivity index (χ4n) is 3.72. The molecule has 1 aromatic heterocycles. The maximum absolute atomic E-state index is 12.9. The summed E-state index contributed by atoms with van der Waals surface area (Å²) in [4.78, 5) is 24.7. The van der Waals surface area contributed by atoms with Gasteiger partial charge < -0.3 is 14.5 Å². The molecule has 7 heteroatoms. The van der Waals surface area contributed by atoms with Crippen molar-refractivity contribution in [1.29, 1.82) is 0 Å². The lowest BCUT2D eigenvalue weighted by Gasteiger charge is -2.33. The van der Waals surface area contributed by atoms with Crippen LogP contribution >= 0.6 is 0 Å². The summed E-state index contributed by atoms with van der Waals surface area (Å²) < 4.78 is 18.9. The molecule has 4 rings (SSSR count). The highest BCUT2D eigenvalue weighted by Crippen LogP contribution is 2.34. The van der Waals surface area contributed by atoms with E-state index in [9.17, 15) is 9.18 Å². The van der Waals surface area contributed by atoms with Crippen molar-refractivity contribution in [1.82, 2.24) is 14.9 Å². The number of nitrogens with zero attached hydrogens (tertiary/aromatic N) is 4. The molecule has 3 aliphatic heterocycles. The summed E-state index contributed by atoms with van der Waals surface area (Å²) in [5, 5.41) is 0. The lowest BCUT2D eigenvalue weighted by atomic mass is 9.99. The minimum Gasteiger partial charge on any atom is -0.370 e. The van der Waals surface area contributed by atoms with Gasteiger partial charge in [-0.25, -0.2) is 14.4 Å². The van der Waals surface area contributed by atoms with Crippen molar-refractivity contribution in [2.24, 2.45) is 5.92 Å². The van der Waals surface area contributed by atoms with Crippen LogP contribution in [0.25, 0.3) is 0 Å². The molecule has 118 valence electrons. The van der Waals surface area contributed by atoms with E-state index in [4.69, 9.17) is 4.74 Å². The van der Waals surface area contributed by atoms with Gasteiger partial charge in [0.05, 0.1) is 30.5 Å². The maximum Gasteiger partial charge on any atom is 0.228 e. The van der Waals surface area contributed by atoms with Crippen molar-refractivity contribution >= 4 is 11.9 Å². The van der Waals surface area contributed by atoms with Crippen LogP contribution in [0.2, 0.25) is 0 Å². The minimum atomic E-state index is -0.443. The molecule has 3 saturated heterocycles. The molecule has 0 radical (unpaired) electrons. The van der Waals surface area contributed by atoms with Gasteiger partial charge in [-0.3, -0.25) is 4.79 Å². The topological polar surface area (TPSA) is 58.6 Å². The molecule has 4 heterocycles. The molecule has 0 N–H and O–H groups in total. The molecule has 1 aromatic rings. The number of hydrogen-bond acceptors (Lipinski definition) is 5. The van der Waals surface area contributed by atoms with Crippen LogP contribution in [-0.2, 0) is 9.53 Å². The zero-order chi connectivity index (χ0) is 15.1. The van der Waals surface area contributed by atoms with E-state index in [1.54, 1.807) is 0 Å². The summed E-state index contributed by atoms with van der Waals surface area (Å²) in [5.41, 5.74) is 0. The lowest BCUT2D eigenvalue weighted by molar-refractivity contribution is -0.136. The summed E-state index contributed by atoms with van der Waals surface area (Å²) in [6, 6.07) is 0. The van der Waals surface area contributed by atoms with Crippen molar-refractivity contribution < 1.29 is 13.9 Å². The number of hydrogen-bond donors (Lipinski definition) is 0. The average Bonchev–Trinajstić information content (AvgIpc) is 3.15. The zero-order valence-corrected chi connectivity index (χ0v) is 12.3. The molecule has 3 fully saturated rings. The first-order valence-electron chi connectivity index (χ1n) is 7.87. The number of aromatic nitrogens is 2. The quantitative estimate of drug-likeness (QED) is 0.810. The number of morpholine rings is 1. The van der Waals surface area contributed by atoms with Crippen LogP contribution in [0.15, 0.2) is 12.4 Å². The van der Waals surface area contributed by atoms with Crippen LogP contribution in [0.5, 0.6) is 0 Å². The standard InChI is InChI=1S/C15H19FN4O2/c16-10-6-17-15(18-7-10)20-8-11-5-12(13(9-20)22-11)14(21)19-3-1-2-4-19/h6-7,11-13H,1-5,8-9H2/t11-,12-,13-/m0/s1. The summed E-state index contributed by atoms with van der Waals surface area (Å²) >= 11 is 0. The third-order valence-corrected chi connectivity index (χ3v) is 4.78. The van der Waals surface area contributed by atoms with Gasteiger partial charge in [0.15, 0.2) is 5.82 Å². The lowest BCUT2D eigenvalue weighted by Crippen LogP contribution is -2.46. The normalized spacial score (nSPS) is 30.9. The van der Waals surface area contributed by atoms with Crippen LogP contribution < -0.4 is 4.90 Å². The Morgan fingerprint density at radius 3 is 2.68 bits per heavy atom.